The standard InChI is InChI=1S/C23H16Cl2N2O4/c1-13(30-20-11-8-15(24)12-18(20)25)21(28)26-16-9-6-14(7-10-16)22-27-19-5-3-2-4-17(19)23(29)31-22/h2-13H,1H3,(H,26,28). The molecule has 8 heteroatoms. The van der Waals surface area contributed by atoms with Gasteiger partial charge in [0.1, 0.15) is 5.75 Å². The number of benzene rings is 3. The summed E-state index contributed by atoms with van der Waals surface area (Å²) in [4.78, 5) is 29.0. The molecule has 1 N–H and O–H groups in total. The van der Waals surface area contributed by atoms with Crippen molar-refractivity contribution in [3.8, 4) is 17.2 Å². The predicted molar refractivity (Wildman–Crippen MR) is 121 cm³/mol. The number of amides is 1. The number of aromatic nitrogens is 1. The third-order valence-corrected chi connectivity index (χ3v) is 5.03. The Morgan fingerprint density at radius 2 is 1.81 bits per heavy atom. The van der Waals surface area contributed by atoms with Crippen LogP contribution in [0.25, 0.3) is 22.4 Å². The highest BCUT2D eigenvalue weighted by molar-refractivity contribution is 6.35. The molecule has 156 valence electrons. The number of halogens is 2. The molecular weight excluding hydrogens is 439 g/mol. The molecule has 0 aliphatic carbocycles. The molecule has 1 heterocycles. The summed E-state index contributed by atoms with van der Waals surface area (Å²) in [6, 6.07) is 18.5. The fraction of sp³-hybridized carbons (Fsp3) is 0.0870. The summed E-state index contributed by atoms with van der Waals surface area (Å²) in [5.74, 6) is 0.214. The van der Waals surface area contributed by atoms with Crippen molar-refractivity contribution in [2.45, 2.75) is 13.0 Å². The SMILES string of the molecule is CC(Oc1ccc(Cl)cc1Cl)C(=O)Nc1ccc(-c2nc3ccccc3c(=O)o2)cc1. The van der Waals surface area contributed by atoms with Gasteiger partial charge in [-0.25, -0.2) is 9.78 Å². The highest BCUT2D eigenvalue weighted by Gasteiger charge is 2.17. The molecular formula is C23H16Cl2N2O4. The van der Waals surface area contributed by atoms with Crippen molar-refractivity contribution < 1.29 is 13.9 Å². The minimum Gasteiger partial charge on any atom is -0.479 e. The van der Waals surface area contributed by atoms with E-state index in [9.17, 15) is 9.59 Å². The molecule has 6 nitrogen and oxygen atoms in total. The number of hydrogen-bond donors (Lipinski definition) is 1. The van der Waals surface area contributed by atoms with Crippen LogP contribution in [0.4, 0.5) is 5.69 Å². The van der Waals surface area contributed by atoms with Gasteiger partial charge in [-0.1, -0.05) is 35.3 Å². The van der Waals surface area contributed by atoms with Crippen molar-refractivity contribution in [2.24, 2.45) is 0 Å². The minimum absolute atomic E-state index is 0.204. The zero-order valence-corrected chi connectivity index (χ0v) is 17.8. The van der Waals surface area contributed by atoms with E-state index in [1.54, 1.807) is 73.7 Å². The molecule has 31 heavy (non-hydrogen) atoms. The van der Waals surface area contributed by atoms with E-state index in [0.717, 1.165) is 0 Å². The molecule has 4 rings (SSSR count). The number of fused-ring (bicyclic) bond motifs is 1. The van der Waals surface area contributed by atoms with Crippen LogP contribution in [0, 0.1) is 0 Å². The van der Waals surface area contributed by atoms with Crippen LogP contribution in [0.2, 0.25) is 10.0 Å². The van der Waals surface area contributed by atoms with Gasteiger partial charge in [-0.3, -0.25) is 4.79 Å². The Hall–Kier alpha value is -3.35. The second kappa shape index (κ2) is 8.79. The zero-order valence-electron chi connectivity index (χ0n) is 16.3. The lowest BCUT2D eigenvalue weighted by Crippen LogP contribution is -2.30. The van der Waals surface area contributed by atoms with Gasteiger partial charge in [0.2, 0.25) is 5.89 Å². The Morgan fingerprint density at radius 1 is 1.06 bits per heavy atom. The van der Waals surface area contributed by atoms with Crippen molar-refractivity contribution in [2.75, 3.05) is 5.32 Å². The molecule has 1 amide bonds. The highest BCUT2D eigenvalue weighted by atomic mass is 35.5. The summed E-state index contributed by atoms with van der Waals surface area (Å²) in [6.45, 7) is 1.61. The van der Waals surface area contributed by atoms with Gasteiger partial charge in [0.05, 0.1) is 15.9 Å². The van der Waals surface area contributed by atoms with E-state index in [-0.39, 0.29) is 11.8 Å². The molecule has 0 radical (unpaired) electrons. The first-order valence-corrected chi connectivity index (χ1v) is 10.1. The van der Waals surface area contributed by atoms with Crippen LogP contribution in [0.3, 0.4) is 0 Å². The maximum atomic E-state index is 12.5. The van der Waals surface area contributed by atoms with E-state index in [4.69, 9.17) is 32.4 Å². The lowest BCUT2D eigenvalue weighted by atomic mass is 10.2. The summed E-state index contributed by atoms with van der Waals surface area (Å²) in [5, 5.41) is 3.99. The quantitative estimate of drug-likeness (QED) is 0.426. The van der Waals surface area contributed by atoms with Gasteiger partial charge in [0, 0.05) is 16.3 Å². The number of carbonyl (C=O) groups excluding carboxylic acids is 1. The first-order valence-electron chi connectivity index (χ1n) is 9.33. The molecule has 1 atom stereocenters. The van der Waals surface area contributed by atoms with Crippen LogP contribution >= 0.6 is 23.2 Å². The smallest absolute Gasteiger partial charge is 0.347 e. The Morgan fingerprint density at radius 3 is 2.55 bits per heavy atom. The van der Waals surface area contributed by atoms with Gasteiger partial charge in [0.25, 0.3) is 5.91 Å². The zero-order chi connectivity index (χ0) is 22.0. The molecule has 1 unspecified atom stereocenters. The van der Waals surface area contributed by atoms with Gasteiger partial charge >= 0.3 is 5.63 Å². The normalized spacial score (nSPS) is 11.8. The first kappa shape index (κ1) is 20.9. The lowest BCUT2D eigenvalue weighted by Gasteiger charge is -2.16. The van der Waals surface area contributed by atoms with Gasteiger partial charge in [-0.2, -0.15) is 0 Å². The van der Waals surface area contributed by atoms with E-state index < -0.39 is 11.7 Å². The maximum absolute atomic E-state index is 12.5. The fourth-order valence-electron chi connectivity index (χ4n) is 2.90. The number of para-hydroxylation sites is 1. The summed E-state index contributed by atoms with van der Waals surface area (Å²) in [5.41, 5.74) is 1.26. The predicted octanol–water partition coefficient (Wildman–Crippen LogP) is 5.57. The third-order valence-electron chi connectivity index (χ3n) is 4.50. The monoisotopic (exact) mass is 454 g/mol. The molecule has 0 saturated carbocycles. The van der Waals surface area contributed by atoms with Crippen LogP contribution in [0.15, 0.2) is 75.9 Å². The Labute approximate surface area is 187 Å². The number of nitrogens with zero attached hydrogens (tertiary/aromatic N) is 1. The van der Waals surface area contributed by atoms with E-state index in [0.29, 0.717) is 37.9 Å². The Balaban J connectivity index is 1.47. The summed E-state index contributed by atoms with van der Waals surface area (Å²) in [7, 11) is 0. The van der Waals surface area contributed by atoms with Crippen molar-refractivity contribution in [3.05, 3.63) is 87.2 Å². The molecule has 0 fully saturated rings. The summed E-state index contributed by atoms with van der Waals surface area (Å²) >= 11 is 12.0. The van der Waals surface area contributed by atoms with Crippen LogP contribution in [0.1, 0.15) is 6.92 Å². The van der Waals surface area contributed by atoms with Crippen LogP contribution in [-0.4, -0.2) is 17.0 Å². The first-order chi connectivity index (χ1) is 14.9. The van der Waals surface area contributed by atoms with Gasteiger partial charge in [-0.05, 0) is 61.5 Å². The topological polar surface area (TPSA) is 81.4 Å². The van der Waals surface area contributed by atoms with E-state index in [1.165, 1.54) is 0 Å². The molecule has 0 saturated heterocycles. The number of anilines is 1. The van der Waals surface area contributed by atoms with E-state index in [2.05, 4.69) is 10.3 Å². The van der Waals surface area contributed by atoms with Gasteiger partial charge in [-0.15, -0.1) is 0 Å². The lowest BCUT2D eigenvalue weighted by molar-refractivity contribution is -0.122. The number of nitrogens with one attached hydrogen (secondary N) is 1. The average Bonchev–Trinajstić information content (AvgIpc) is 2.76. The number of ether oxygens (including phenoxy) is 1. The molecule has 0 spiro atoms. The van der Waals surface area contributed by atoms with Crippen LogP contribution in [-0.2, 0) is 4.79 Å². The molecule has 0 aliphatic rings. The highest BCUT2D eigenvalue weighted by Crippen LogP contribution is 2.28. The van der Waals surface area contributed by atoms with E-state index >= 15 is 0 Å². The summed E-state index contributed by atoms with van der Waals surface area (Å²) in [6.07, 6.45) is -0.793. The van der Waals surface area contributed by atoms with Crippen LogP contribution < -0.4 is 15.7 Å². The minimum atomic E-state index is -0.793. The number of rotatable bonds is 5. The molecule has 0 bridgehead atoms. The summed E-state index contributed by atoms with van der Waals surface area (Å²) < 4.78 is 10.9. The largest absolute Gasteiger partial charge is 0.479 e. The van der Waals surface area contributed by atoms with Crippen molar-refractivity contribution in [3.63, 3.8) is 0 Å². The molecule has 1 aromatic heterocycles. The van der Waals surface area contributed by atoms with E-state index in [1.807, 2.05) is 0 Å². The molecule has 4 aromatic rings. The second-order valence-electron chi connectivity index (χ2n) is 6.73. The maximum Gasteiger partial charge on any atom is 0.347 e. The Kier molecular flexibility index (Phi) is 5.93. The third kappa shape index (κ3) is 4.71. The van der Waals surface area contributed by atoms with Crippen molar-refractivity contribution in [1.29, 1.82) is 0 Å². The number of hydrogen-bond acceptors (Lipinski definition) is 5. The average molecular weight is 455 g/mol. The Bertz CT molecular complexity index is 1320. The van der Waals surface area contributed by atoms with Crippen LogP contribution in [0.5, 0.6) is 5.75 Å². The van der Waals surface area contributed by atoms with Gasteiger partial charge in [0.15, 0.2) is 6.10 Å². The van der Waals surface area contributed by atoms with Crippen molar-refractivity contribution >= 4 is 45.7 Å². The molecule has 3 aromatic carbocycles. The van der Waals surface area contributed by atoms with Gasteiger partial charge < -0.3 is 14.5 Å². The second-order valence-corrected chi connectivity index (χ2v) is 7.57. The molecule has 0 aliphatic heterocycles. The van der Waals surface area contributed by atoms with Crippen molar-refractivity contribution in [1.82, 2.24) is 4.98 Å². The fourth-order valence-corrected chi connectivity index (χ4v) is 3.35. The number of carbonyl (C=O) groups is 1.